The predicted molar refractivity (Wildman–Crippen MR) is 121 cm³/mol. The maximum Gasteiger partial charge on any atom is 0.305 e. The van der Waals surface area contributed by atoms with Crippen LogP contribution in [-0.4, -0.2) is 52.3 Å². The first-order valence-corrected chi connectivity index (χ1v) is 10.8. The van der Waals surface area contributed by atoms with E-state index in [0.717, 1.165) is 27.7 Å². The van der Waals surface area contributed by atoms with E-state index in [1.54, 1.807) is 19.3 Å². The molecule has 176 valence electrons. The molecule has 0 saturated carbocycles. The van der Waals surface area contributed by atoms with Crippen LogP contribution in [0.3, 0.4) is 0 Å². The summed E-state index contributed by atoms with van der Waals surface area (Å²) in [6.45, 7) is 0.495. The lowest BCUT2D eigenvalue weighted by Gasteiger charge is -2.27. The number of furan rings is 1. The molecule has 0 aliphatic carbocycles. The third kappa shape index (κ3) is 4.28. The van der Waals surface area contributed by atoms with Gasteiger partial charge in [-0.15, -0.1) is 0 Å². The molecule has 4 rings (SSSR count). The highest BCUT2D eigenvalue weighted by Gasteiger charge is 2.37. The topological polar surface area (TPSA) is 117 Å². The van der Waals surface area contributed by atoms with Crippen LogP contribution >= 0.6 is 0 Å². The van der Waals surface area contributed by atoms with Gasteiger partial charge in [0, 0.05) is 23.1 Å². The van der Waals surface area contributed by atoms with E-state index in [1.165, 1.54) is 4.90 Å². The summed E-state index contributed by atoms with van der Waals surface area (Å²) >= 11 is 0. The number of aliphatic carboxylic acids is 1. The SMILES string of the molecule is CCC(C(=O)NC(CC(=O)O)C(=O)CF)N1Cc2ccc(-c3coc4ccccc34)cc2C1=O. The summed E-state index contributed by atoms with van der Waals surface area (Å²) in [4.78, 5) is 50.3. The summed E-state index contributed by atoms with van der Waals surface area (Å²) in [6, 6.07) is 10.6. The molecule has 0 saturated heterocycles. The quantitative estimate of drug-likeness (QED) is 0.500. The molecule has 2 amide bonds. The minimum absolute atomic E-state index is 0.188. The molecule has 2 heterocycles. The molecule has 34 heavy (non-hydrogen) atoms. The van der Waals surface area contributed by atoms with Crippen molar-refractivity contribution in [3.05, 3.63) is 59.9 Å². The Morgan fingerprint density at radius 3 is 2.65 bits per heavy atom. The lowest BCUT2D eigenvalue weighted by molar-refractivity contribution is -0.140. The number of carboxylic acids is 1. The minimum Gasteiger partial charge on any atom is -0.481 e. The van der Waals surface area contributed by atoms with Gasteiger partial charge in [-0.3, -0.25) is 19.2 Å². The van der Waals surface area contributed by atoms with Gasteiger partial charge in [0.25, 0.3) is 5.91 Å². The van der Waals surface area contributed by atoms with Gasteiger partial charge < -0.3 is 19.7 Å². The van der Waals surface area contributed by atoms with Crippen LogP contribution in [0.15, 0.2) is 53.1 Å². The van der Waals surface area contributed by atoms with Crippen LogP contribution in [0.4, 0.5) is 4.39 Å². The van der Waals surface area contributed by atoms with E-state index in [4.69, 9.17) is 9.52 Å². The highest BCUT2D eigenvalue weighted by molar-refractivity contribution is 6.04. The fourth-order valence-electron chi connectivity index (χ4n) is 4.27. The summed E-state index contributed by atoms with van der Waals surface area (Å²) in [5, 5.41) is 12.2. The molecule has 8 nitrogen and oxygen atoms in total. The van der Waals surface area contributed by atoms with E-state index >= 15 is 0 Å². The second-order valence-corrected chi connectivity index (χ2v) is 8.13. The number of para-hydroxylation sites is 1. The Balaban J connectivity index is 1.57. The van der Waals surface area contributed by atoms with Crippen LogP contribution in [0, 0.1) is 0 Å². The lowest BCUT2D eigenvalue weighted by Crippen LogP contribution is -2.52. The summed E-state index contributed by atoms with van der Waals surface area (Å²) in [5.74, 6) is -3.42. The second-order valence-electron chi connectivity index (χ2n) is 8.13. The zero-order valence-corrected chi connectivity index (χ0v) is 18.4. The van der Waals surface area contributed by atoms with Crippen LogP contribution < -0.4 is 5.32 Å². The Morgan fingerprint density at radius 1 is 1.18 bits per heavy atom. The molecular formula is C25H23FN2O6. The number of carbonyl (C=O) groups is 4. The highest BCUT2D eigenvalue weighted by atomic mass is 19.1. The molecule has 0 radical (unpaired) electrons. The molecular weight excluding hydrogens is 443 g/mol. The van der Waals surface area contributed by atoms with E-state index in [1.807, 2.05) is 36.4 Å². The van der Waals surface area contributed by atoms with Gasteiger partial charge in [0.05, 0.1) is 12.7 Å². The molecule has 9 heteroatoms. The average molecular weight is 466 g/mol. The van der Waals surface area contributed by atoms with Gasteiger partial charge in [-0.05, 0) is 29.7 Å². The van der Waals surface area contributed by atoms with E-state index < -0.39 is 42.8 Å². The van der Waals surface area contributed by atoms with Crippen molar-refractivity contribution in [2.24, 2.45) is 0 Å². The van der Waals surface area contributed by atoms with Crippen LogP contribution in [0.25, 0.3) is 22.1 Å². The molecule has 2 atom stereocenters. The average Bonchev–Trinajstić information content (AvgIpc) is 3.39. The number of fused-ring (bicyclic) bond motifs is 2. The van der Waals surface area contributed by atoms with Crippen LogP contribution in [0.1, 0.15) is 35.7 Å². The third-order valence-corrected chi connectivity index (χ3v) is 6.01. The maximum absolute atomic E-state index is 13.2. The number of nitrogens with one attached hydrogen (secondary N) is 1. The first kappa shape index (κ1) is 23.2. The molecule has 0 bridgehead atoms. The normalized spacial score (nSPS) is 14.6. The highest BCUT2D eigenvalue weighted by Crippen LogP contribution is 2.34. The summed E-state index contributed by atoms with van der Waals surface area (Å²) in [6.07, 6.45) is 1.13. The van der Waals surface area contributed by atoms with E-state index in [2.05, 4.69) is 5.32 Å². The van der Waals surface area contributed by atoms with Crippen molar-refractivity contribution in [1.82, 2.24) is 10.2 Å². The Labute approximate surface area is 194 Å². The van der Waals surface area contributed by atoms with Crippen molar-refractivity contribution in [2.45, 2.75) is 38.4 Å². The van der Waals surface area contributed by atoms with Gasteiger partial charge in [-0.25, -0.2) is 4.39 Å². The summed E-state index contributed by atoms with van der Waals surface area (Å²) in [7, 11) is 0. The Hall–Kier alpha value is -4.01. The Kier molecular flexibility index (Phi) is 6.45. The molecule has 1 aliphatic heterocycles. The van der Waals surface area contributed by atoms with Crippen LogP contribution in [-0.2, 0) is 20.9 Å². The van der Waals surface area contributed by atoms with Crippen LogP contribution in [0.2, 0.25) is 0 Å². The zero-order valence-electron chi connectivity index (χ0n) is 18.4. The molecule has 1 aromatic heterocycles. The number of alkyl halides is 1. The molecule has 2 aromatic carbocycles. The number of benzene rings is 2. The van der Waals surface area contributed by atoms with Gasteiger partial charge in [0.1, 0.15) is 24.3 Å². The van der Waals surface area contributed by atoms with Crippen molar-refractivity contribution in [3.8, 4) is 11.1 Å². The minimum atomic E-state index is -1.50. The van der Waals surface area contributed by atoms with Gasteiger partial charge >= 0.3 is 5.97 Å². The molecule has 0 fully saturated rings. The molecule has 3 aromatic rings. The maximum atomic E-state index is 13.2. The summed E-state index contributed by atoms with van der Waals surface area (Å²) in [5.41, 5.74) is 3.57. The monoisotopic (exact) mass is 466 g/mol. The number of amides is 2. The zero-order chi connectivity index (χ0) is 24.4. The van der Waals surface area contributed by atoms with E-state index in [-0.39, 0.29) is 18.9 Å². The largest absolute Gasteiger partial charge is 0.481 e. The first-order valence-electron chi connectivity index (χ1n) is 10.8. The van der Waals surface area contributed by atoms with E-state index in [9.17, 15) is 23.6 Å². The van der Waals surface area contributed by atoms with Crippen LogP contribution in [0.5, 0.6) is 0 Å². The third-order valence-electron chi connectivity index (χ3n) is 6.01. The van der Waals surface area contributed by atoms with Gasteiger partial charge in [-0.2, -0.15) is 0 Å². The number of hydrogen-bond donors (Lipinski definition) is 2. The Bertz CT molecular complexity index is 1280. The van der Waals surface area contributed by atoms with Crippen molar-refractivity contribution in [1.29, 1.82) is 0 Å². The number of rotatable bonds is 9. The Morgan fingerprint density at radius 2 is 1.94 bits per heavy atom. The smallest absolute Gasteiger partial charge is 0.305 e. The molecule has 1 aliphatic rings. The lowest BCUT2D eigenvalue weighted by atomic mass is 10.00. The van der Waals surface area contributed by atoms with Crippen molar-refractivity contribution in [3.63, 3.8) is 0 Å². The fraction of sp³-hybridized carbons (Fsp3) is 0.280. The fourth-order valence-corrected chi connectivity index (χ4v) is 4.27. The standard InChI is InChI=1S/C25H23FN2O6/c1-2-20(24(32)27-19(10-23(30)31)21(29)11-26)28-12-15-8-7-14(9-17(15)25(28)33)18-13-34-22-6-4-3-5-16(18)22/h3-9,13,19-20H,2,10-12H2,1H3,(H,27,32)(H,30,31). The van der Waals surface area contributed by atoms with Crippen molar-refractivity contribution >= 4 is 34.5 Å². The number of halogens is 1. The molecule has 0 spiro atoms. The number of carbonyl (C=O) groups excluding carboxylic acids is 3. The second kappa shape index (κ2) is 9.46. The number of ketones is 1. The van der Waals surface area contributed by atoms with Gasteiger partial charge in [0.2, 0.25) is 5.91 Å². The first-order chi connectivity index (χ1) is 16.3. The number of nitrogens with zero attached hydrogens (tertiary/aromatic N) is 1. The molecule has 2 unspecified atom stereocenters. The number of Topliss-reactive ketones (excluding diaryl/α,β-unsaturated/α-hetero) is 1. The predicted octanol–water partition coefficient (Wildman–Crippen LogP) is 3.33. The number of carboxylic acid groups (broad SMARTS) is 1. The van der Waals surface area contributed by atoms with Crippen molar-refractivity contribution in [2.75, 3.05) is 6.67 Å². The van der Waals surface area contributed by atoms with Crippen molar-refractivity contribution < 1.29 is 33.1 Å². The van der Waals surface area contributed by atoms with Gasteiger partial charge in [0.15, 0.2) is 5.78 Å². The number of hydrogen-bond acceptors (Lipinski definition) is 5. The van der Waals surface area contributed by atoms with E-state index in [0.29, 0.717) is 5.56 Å². The van der Waals surface area contributed by atoms with Gasteiger partial charge in [-0.1, -0.05) is 37.3 Å². The summed E-state index contributed by atoms with van der Waals surface area (Å²) < 4.78 is 18.5. The molecule has 2 N–H and O–H groups in total.